The van der Waals surface area contributed by atoms with Crippen LogP contribution in [0.4, 0.5) is 5.69 Å². The SMILES string of the molecule is Cc1ccc(OCCC[N-]c2c(C(C)C)cc(C)cc2C(C)C)c(-c2cccc(C(=O)OCc3ccccc3)c2O)c1.[CH2-]c1ccccc1.[CH2-]c1ccccc1.[Hf]. The Balaban J connectivity index is 0.000000484. The van der Waals surface area contributed by atoms with Gasteiger partial charge in [-0.1, -0.05) is 123 Å². The summed E-state index contributed by atoms with van der Waals surface area (Å²) in [6, 6.07) is 44.7. The van der Waals surface area contributed by atoms with Gasteiger partial charge < -0.3 is 19.9 Å². The summed E-state index contributed by atoms with van der Waals surface area (Å²) in [6.45, 7) is 21.7. The van der Waals surface area contributed by atoms with Crippen molar-refractivity contribution in [2.45, 2.75) is 66.4 Å². The number of hydrogen-bond acceptors (Lipinski definition) is 4. The normalized spacial score (nSPS) is 10.3. The van der Waals surface area contributed by atoms with Crippen molar-refractivity contribution in [1.29, 1.82) is 0 Å². The van der Waals surface area contributed by atoms with Crippen molar-refractivity contribution in [3.05, 3.63) is 203 Å². The van der Waals surface area contributed by atoms with Gasteiger partial charge in [0.15, 0.2) is 0 Å². The third-order valence-corrected chi connectivity index (χ3v) is 8.97. The van der Waals surface area contributed by atoms with Crippen molar-refractivity contribution in [3.63, 3.8) is 0 Å². The summed E-state index contributed by atoms with van der Waals surface area (Å²) in [5.41, 5.74) is 10.4. The van der Waals surface area contributed by atoms with Crippen molar-refractivity contribution in [2.75, 3.05) is 13.2 Å². The van der Waals surface area contributed by atoms with Crippen LogP contribution in [-0.2, 0) is 37.2 Å². The predicted octanol–water partition coefficient (Wildman–Crippen LogP) is 13.5. The fraction of sp³-hybridized carbons (Fsp3) is 0.235. The number of rotatable bonds is 12. The minimum atomic E-state index is -0.576. The van der Waals surface area contributed by atoms with Crippen LogP contribution in [0.3, 0.4) is 0 Å². The quantitative estimate of drug-likeness (QED) is 0.0575. The fourth-order valence-electron chi connectivity index (χ4n) is 6.00. The van der Waals surface area contributed by atoms with Gasteiger partial charge in [-0.05, 0) is 55.9 Å². The molecule has 0 radical (unpaired) electrons. The topological polar surface area (TPSA) is 69.9 Å². The summed E-state index contributed by atoms with van der Waals surface area (Å²) in [4.78, 5) is 12.9. The molecule has 0 aromatic heterocycles. The molecule has 0 fully saturated rings. The number of ether oxygens (including phenoxy) is 2. The summed E-state index contributed by atoms with van der Waals surface area (Å²) in [5, 5.41) is 16.2. The van der Waals surface area contributed by atoms with Crippen LogP contribution in [0.15, 0.2) is 140 Å². The number of phenols is 1. The number of aromatic hydroxyl groups is 1. The number of aryl methyl sites for hydroxylation is 2. The second-order valence-electron chi connectivity index (χ2n) is 14.4. The van der Waals surface area contributed by atoms with Crippen LogP contribution < -0.4 is 4.74 Å². The molecule has 1 N–H and O–H groups in total. The molecule has 57 heavy (non-hydrogen) atoms. The number of phenolic OH excluding ortho intramolecular Hbond substituents is 1. The van der Waals surface area contributed by atoms with Crippen LogP contribution in [-0.4, -0.2) is 24.2 Å². The molecule has 6 heteroatoms. The third-order valence-electron chi connectivity index (χ3n) is 8.97. The standard InChI is InChI=1S/C37H42NO4.2C7H7.Hf/c1-24(2)31-21-27(6)22-32(25(3)4)35(31)38-18-11-19-41-34-17-16-26(5)20-33(34)29-14-10-15-30(36(29)39)37(40)42-23-28-12-8-7-9-13-28;2*1-7-5-3-2-4-6-7;/h7-10,12-17,20-22,24-25H,11,18-19,23H2,1-6H3,(H,39,40);2*2-6H,1H2;/q3*-1;. The molecule has 0 aliphatic carbocycles. The van der Waals surface area contributed by atoms with Crippen LogP contribution in [0.25, 0.3) is 16.4 Å². The molecule has 0 heterocycles. The molecule has 0 aliphatic heterocycles. The van der Waals surface area contributed by atoms with Gasteiger partial charge in [0.1, 0.15) is 23.7 Å². The first kappa shape index (κ1) is 46.2. The Kier molecular flexibility index (Phi) is 19.3. The van der Waals surface area contributed by atoms with Gasteiger partial charge in [0.25, 0.3) is 0 Å². The van der Waals surface area contributed by atoms with Gasteiger partial charge in [0.05, 0.1) is 6.61 Å². The van der Waals surface area contributed by atoms with Crippen molar-refractivity contribution < 1.29 is 45.2 Å². The van der Waals surface area contributed by atoms with Crippen molar-refractivity contribution in [2.24, 2.45) is 0 Å². The van der Waals surface area contributed by atoms with E-state index in [0.29, 0.717) is 36.3 Å². The van der Waals surface area contributed by atoms with Crippen LogP contribution in [0, 0.1) is 27.7 Å². The minimum Gasteiger partial charge on any atom is -0.684 e. The monoisotopic (exact) mass is 926 g/mol. The van der Waals surface area contributed by atoms with Crippen molar-refractivity contribution in [3.8, 4) is 22.6 Å². The molecule has 296 valence electrons. The van der Waals surface area contributed by atoms with Crippen LogP contribution in [0.5, 0.6) is 11.5 Å². The Hall–Kier alpha value is -5.20. The zero-order valence-corrected chi connectivity index (χ0v) is 37.9. The van der Waals surface area contributed by atoms with Crippen LogP contribution >= 0.6 is 0 Å². The van der Waals surface area contributed by atoms with E-state index >= 15 is 0 Å². The molecule has 0 aliphatic rings. The van der Waals surface area contributed by atoms with E-state index in [1.54, 1.807) is 18.2 Å². The van der Waals surface area contributed by atoms with Gasteiger partial charge >= 0.3 is 5.97 Å². The van der Waals surface area contributed by atoms with Gasteiger partial charge in [0, 0.05) is 37.0 Å². The molecular weight excluding hydrogens is 869 g/mol. The van der Waals surface area contributed by atoms with E-state index in [2.05, 4.69) is 60.6 Å². The summed E-state index contributed by atoms with van der Waals surface area (Å²) in [5.74, 6) is 0.736. The largest absolute Gasteiger partial charge is 0.684 e. The van der Waals surface area contributed by atoms with Crippen LogP contribution in [0.1, 0.15) is 95.3 Å². The van der Waals surface area contributed by atoms with Gasteiger partial charge in [-0.25, -0.2) is 4.79 Å². The number of para-hydroxylation sites is 1. The van der Waals surface area contributed by atoms with Crippen molar-refractivity contribution in [1.82, 2.24) is 0 Å². The Morgan fingerprint density at radius 2 is 1.21 bits per heavy atom. The minimum absolute atomic E-state index is 0. The molecule has 6 aromatic carbocycles. The number of hydrogen-bond donors (Lipinski definition) is 1. The van der Waals surface area contributed by atoms with E-state index in [0.717, 1.165) is 39.9 Å². The Morgan fingerprint density at radius 1 is 0.667 bits per heavy atom. The summed E-state index contributed by atoms with van der Waals surface area (Å²) >= 11 is 0. The summed E-state index contributed by atoms with van der Waals surface area (Å²) in [6.07, 6.45) is 0.744. The first-order valence-corrected chi connectivity index (χ1v) is 19.3. The molecule has 5 nitrogen and oxygen atoms in total. The molecule has 0 unspecified atom stereocenters. The maximum absolute atomic E-state index is 12.9. The first-order chi connectivity index (χ1) is 26.9. The molecule has 0 amide bonds. The Labute approximate surface area is 360 Å². The Morgan fingerprint density at radius 3 is 1.72 bits per heavy atom. The fourth-order valence-corrected chi connectivity index (χ4v) is 6.00. The van der Waals surface area contributed by atoms with Gasteiger partial charge in [-0.2, -0.15) is 49.2 Å². The number of esters is 1. The second-order valence-corrected chi connectivity index (χ2v) is 14.4. The second kappa shape index (κ2) is 23.8. The number of nitrogens with zero attached hydrogens (tertiary/aromatic N) is 1. The predicted molar refractivity (Wildman–Crippen MR) is 233 cm³/mol. The van der Waals surface area contributed by atoms with Gasteiger partial charge in [0.2, 0.25) is 0 Å². The van der Waals surface area contributed by atoms with E-state index in [4.69, 9.17) is 14.8 Å². The van der Waals surface area contributed by atoms with Crippen molar-refractivity contribution >= 4 is 11.7 Å². The maximum Gasteiger partial charge on any atom is 0.342 e. The van der Waals surface area contributed by atoms with E-state index in [-0.39, 0.29) is 43.8 Å². The number of carbonyl (C=O) groups excluding carboxylic acids is 1. The zero-order valence-electron chi connectivity index (χ0n) is 34.3. The molecule has 6 rings (SSSR count). The van der Waals surface area contributed by atoms with E-state index in [1.165, 1.54) is 16.7 Å². The van der Waals surface area contributed by atoms with Gasteiger partial charge in [-0.15, -0.1) is 36.5 Å². The molecular formula is C51H56HfNO4-3. The van der Waals surface area contributed by atoms with Gasteiger partial charge in [-0.3, -0.25) is 0 Å². The molecule has 0 bridgehead atoms. The van der Waals surface area contributed by atoms with Crippen LogP contribution in [0.2, 0.25) is 0 Å². The average Bonchev–Trinajstić information content (AvgIpc) is 3.19. The number of carbonyl (C=O) groups is 1. The molecule has 0 saturated heterocycles. The molecule has 0 spiro atoms. The molecule has 0 saturated carbocycles. The third kappa shape index (κ3) is 14.7. The number of benzene rings is 6. The van der Waals surface area contributed by atoms with E-state index < -0.39 is 5.97 Å². The summed E-state index contributed by atoms with van der Waals surface area (Å²) < 4.78 is 11.7. The maximum atomic E-state index is 12.9. The molecule has 6 aromatic rings. The Bertz CT molecular complexity index is 2030. The van der Waals surface area contributed by atoms with E-state index in [1.807, 2.05) is 116 Å². The smallest absolute Gasteiger partial charge is 0.342 e. The zero-order chi connectivity index (χ0) is 40.5. The average molecular weight is 926 g/mol. The molecule has 0 atom stereocenters. The van der Waals surface area contributed by atoms with E-state index in [9.17, 15) is 9.90 Å². The first-order valence-electron chi connectivity index (χ1n) is 19.3. The summed E-state index contributed by atoms with van der Waals surface area (Å²) in [7, 11) is 0.